The molecule has 0 aliphatic heterocycles. The Kier molecular flexibility index (Phi) is 3.57. The van der Waals surface area contributed by atoms with Crippen molar-refractivity contribution in [3.05, 3.63) is 23.8 Å². The van der Waals surface area contributed by atoms with Crippen molar-refractivity contribution in [2.24, 2.45) is 5.41 Å². The van der Waals surface area contributed by atoms with Crippen molar-refractivity contribution in [1.29, 1.82) is 0 Å². The van der Waals surface area contributed by atoms with Crippen LogP contribution < -0.4 is 5.32 Å². The number of phenolic OH excluding ortho intramolecular Hbond substituents is 2. The number of carbonyl (C=O) groups is 2. The summed E-state index contributed by atoms with van der Waals surface area (Å²) >= 11 is 0. The lowest BCUT2D eigenvalue weighted by molar-refractivity contribution is -0.148. The smallest absolute Gasteiger partial charge is 0.311 e. The van der Waals surface area contributed by atoms with E-state index < -0.39 is 29.1 Å². The lowest BCUT2D eigenvalue weighted by Crippen LogP contribution is -2.47. The van der Waals surface area contributed by atoms with Crippen molar-refractivity contribution < 1.29 is 24.9 Å². The number of amides is 1. The van der Waals surface area contributed by atoms with Crippen molar-refractivity contribution in [2.45, 2.75) is 32.2 Å². The Hall–Kier alpha value is -2.24. The molecule has 2 atom stereocenters. The molecule has 1 aliphatic carbocycles. The minimum atomic E-state index is -0.998. The highest BCUT2D eigenvalue weighted by molar-refractivity contribution is 5.98. The molecule has 1 saturated carbocycles. The highest BCUT2D eigenvalue weighted by Crippen LogP contribution is 2.38. The Morgan fingerprint density at radius 2 is 2.05 bits per heavy atom. The third-order valence-electron chi connectivity index (χ3n) is 4.01. The maximum Gasteiger partial charge on any atom is 0.311 e. The summed E-state index contributed by atoms with van der Waals surface area (Å²) in [5.74, 6) is -2.41. The van der Waals surface area contributed by atoms with E-state index in [2.05, 4.69) is 5.32 Å². The molecule has 1 aliphatic rings. The Balaban J connectivity index is 2.20. The van der Waals surface area contributed by atoms with Gasteiger partial charge in [0.2, 0.25) is 0 Å². The Labute approximate surface area is 116 Å². The molecule has 4 N–H and O–H groups in total. The average Bonchev–Trinajstić information content (AvgIpc) is 2.75. The van der Waals surface area contributed by atoms with Gasteiger partial charge in [-0.25, -0.2) is 0 Å². The molecule has 2 rings (SSSR count). The highest BCUT2D eigenvalue weighted by atomic mass is 16.4. The monoisotopic (exact) mass is 279 g/mol. The number of hydrogen-bond acceptors (Lipinski definition) is 4. The molecule has 0 radical (unpaired) electrons. The van der Waals surface area contributed by atoms with Gasteiger partial charge in [0, 0.05) is 6.04 Å². The number of benzene rings is 1. The normalized spacial score (nSPS) is 25.4. The number of aromatic hydroxyl groups is 2. The summed E-state index contributed by atoms with van der Waals surface area (Å²) in [4.78, 5) is 23.4. The van der Waals surface area contributed by atoms with Crippen LogP contribution in [0.2, 0.25) is 0 Å². The van der Waals surface area contributed by atoms with Gasteiger partial charge < -0.3 is 20.6 Å². The zero-order chi connectivity index (χ0) is 14.9. The Morgan fingerprint density at radius 1 is 1.35 bits per heavy atom. The van der Waals surface area contributed by atoms with Crippen molar-refractivity contribution in [3.63, 3.8) is 0 Å². The second-order valence-corrected chi connectivity index (χ2v) is 5.31. The van der Waals surface area contributed by atoms with Crippen LogP contribution in [0.4, 0.5) is 0 Å². The largest absolute Gasteiger partial charge is 0.504 e. The summed E-state index contributed by atoms with van der Waals surface area (Å²) in [5, 5.41) is 31.0. The van der Waals surface area contributed by atoms with Gasteiger partial charge >= 0.3 is 5.97 Å². The molecule has 0 spiro atoms. The van der Waals surface area contributed by atoms with E-state index in [4.69, 9.17) is 0 Å². The second kappa shape index (κ2) is 5.03. The maximum absolute atomic E-state index is 12.1. The first-order valence-electron chi connectivity index (χ1n) is 6.41. The number of carbonyl (C=O) groups excluding carboxylic acids is 1. The van der Waals surface area contributed by atoms with E-state index in [-0.39, 0.29) is 11.3 Å². The molecule has 0 saturated heterocycles. The average molecular weight is 279 g/mol. The number of carboxylic acid groups (broad SMARTS) is 1. The quantitative estimate of drug-likeness (QED) is 0.627. The van der Waals surface area contributed by atoms with Gasteiger partial charge in [-0.2, -0.15) is 0 Å². The molecule has 6 heteroatoms. The zero-order valence-corrected chi connectivity index (χ0v) is 11.1. The molecule has 6 nitrogen and oxygen atoms in total. The standard InChI is InChI=1S/C14H17NO5/c1-14(13(19)20)7-3-6-10(14)15-12(18)8-4-2-5-9(16)11(8)17/h2,4-5,10,16-17H,3,6-7H2,1H3,(H,15,18)(H,19,20). The fraction of sp³-hybridized carbons (Fsp3) is 0.429. The summed E-state index contributed by atoms with van der Waals surface area (Å²) in [6, 6.07) is 3.59. The third kappa shape index (κ3) is 2.29. The summed E-state index contributed by atoms with van der Waals surface area (Å²) in [7, 11) is 0. The predicted molar refractivity (Wildman–Crippen MR) is 70.6 cm³/mol. The predicted octanol–water partition coefficient (Wildman–Crippen LogP) is 1.47. The lowest BCUT2D eigenvalue weighted by Gasteiger charge is -2.27. The van der Waals surface area contributed by atoms with Crippen molar-refractivity contribution in [2.75, 3.05) is 0 Å². The molecule has 1 aromatic carbocycles. The van der Waals surface area contributed by atoms with Crippen LogP contribution in [0.15, 0.2) is 18.2 Å². The van der Waals surface area contributed by atoms with Crippen LogP contribution in [0.25, 0.3) is 0 Å². The van der Waals surface area contributed by atoms with Gasteiger partial charge in [-0.3, -0.25) is 9.59 Å². The van der Waals surface area contributed by atoms with Crippen molar-refractivity contribution >= 4 is 11.9 Å². The van der Waals surface area contributed by atoms with Crippen LogP contribution in [0, 0.1) is 5.41 Å². The fourth-order valence-electron chi connectivity index (χ4n) is 2.60. The number of hydrogen-bond donors (Lipinski definition) is 4. The maximum atomic E-state index is 12.1. The van der Waals surface area contributed by atoms with Crippen LogP contribution in [0.3, 0.4) is 0 Å². The molecule has 0 bridgehead atoms. The molecule has 108 valence electrons. The minimum Gasteiger partial charge on any atom is -0.504 e. The Morgan fingerprint density at radius 3 is 2.70 bits per heavy atom. The SMILES string of the molecule is CC1(C(=O)O)CCCC1NC(=O)c1cccc(O)c1O. The third-order valence-corrected chi connectivity index (χ3v) is 4.01. The molecule has 1 fully saturated rings. The van der Waals surface area contributed by atoms with Gasteiger partial charge in [0.1, 0.15) is 0 Å². The number of rotatable bonds is 3. The van der Waals surface area contributed by atoms with E-state index in [0.29, 0.717) is 12.8 Å². The first-order valence-corrected chi connectivity index (χ1v) is 6.41. The van der Waals surface area contributed by atoms with Gasteiger partial charge in [-0.15, -0.1) is 0 Å². The van der Waals surface area contributed by atoms with Gasteiger partial charge in [0.25, 0.3) is 5.91 Å². The first kappa shape index (κ1) is 14.2. The van der Waals surface area contributed by atoms with Gasteiger partial charge in [0.15, 0.2) is 11.5 Å². The van der Waals surface area contributed by atoms with Crippen molar-refractivity contribution in [3.8, 4) is 11.5 Å². The fourth-order valence-corrected chi connectivity index (χ4v) is 2.60. The molecule has 1 aromatic rings. The lowest BCUT2D eigenvalue weighted by atomic mass is 9.85. The molecule has 20 heavy (non-hydrogen) atoms. The molecular weight excluding hydrogens is 262 g/mol. The van der Waals surface area contributed by atoms with E-state index in [0.717, 1.165) is 6.42 Å². The second-order valence-electron chi connectivity index (χ2n) is 5.31. The summed E-state index contributed by atoms with van der Waals surface area (Å²) < 4.78 is 0. The minimum absolute atomic E-state index is 0.0651. The summed E-state index contributed by atoms with van der Waals surface area (Å²) in [6.45, 7) is 1.61. The van der Waals surface area contributed by atoms with E-state index in [1.54, 1.807) is 6.92 Å². The van der Waals surface area contributed by atoms with Crippen molar-refractivity contribution in [1.82, 2.24) is 5.32 Å². The van der Waals surface area contributed by atoms with E-state index in [9.17, 15) is 24.9 Å². The number of phenols is 2. The van der Waals surface area contributed by atoms with E-state index >= 15 is 0 Å². The number of nitrogens with one attached hydrogen (secondary N) is 1. The summed E-state index contributed by atoms with van der Waals surface area (Å²) in [5.41, 5.74) is -1.06. The van der Waals surface area contributed by atoms with Gasteiger partial charge in [0.05, 0.1) is 11.0 Å². The van der Waals surface area contributed by atoms with E-state index in [1.807, 2.05) is 0 Å². The van der Waals surface area contributed by atoms with E-state index in [1.165, 1.54) is 18.2 Å². The van der Waals surface area contributed by atoms with Gasteiger partial charge in [-0.05, 0) is 31.9 Å². The van der Waals surface area contributed by atoms with Gasteiger partial charge in [-0.1, -0.05) is 12.5 Å². The molecule has 0 heterocycles. The molecule has 0 aromatic heterocycles. The first-order chi connectivity index (χ1) is 9.36. The topological polar surface area (TPSA) is 107 Å². The number of aliphatic carboxylic acids is 1. The number of carboxylic acids is 1. The molecule has 1 amide bonds. The van der Waals surface area contributed by atoms with Crippen LogP contribution in [0.1, 0.15) is 36.5 Å². The molecule has 2 unspecified atom stereocenters. The molecular formula is C14H17NO5. The summed E-state index contributed by atoms with van der Waals surface area (Å²) in [6.07, 6.45) is 1.80. The van der Waals surface area contributed by atoms with Crippen LogP contribution in [-0.4, -0.2) is 33.2 Å². The zero-order valence-electron chi connectivity index (χ0n) is 11.1. The number of para-hydroxylation sites is 1. The van der Waals surface area contributed by atoms with Crippen LogP contribution in [0.5, 0.6) is 11.5 Å². The highest BCUT2D eigenvalue weighted by Gasteiger charge is 2.46. The van der Waals surface area contributed by atoms with Crippen LogP contribution >= 0.6 is 0 Å². The Bertz CT molecular complexity index is 556. The van der Waals surface area contributed by atoms with Crippen LogP contribution in [-0.2, 0) is 4.79 Å².